The lowest BCUT2D eigenvalue weighted by atomic mass is 9.94. The Labute approximate surface area is 129 Å². The van der Waals surface area contributed by atoms with Crippen molar-refractivity contribution in [1.29, 1.82) is 0 Å². The predicted molar refractivity (Wildman–Crippen MR) is 90.8 cm³/mol. The van der Waals surface area contributed by atoms with Gasteiger partial charge in [-0.1, -0.05) is 48.5 Å². The molecule has 104 valence electrons. The first-order valence-electron chi connectivity index (χ1n) is 6.81. The van der Waals surface area contributed by atoms with Crippen LogP contribution in [-0.4, -0.2) is 11.4 Å². The van der Waals surface area contributed by atoms with Gasteiger partial charge in [0, 0.05) is 4.90 Å². The molecule has 0 saturated carbocycles. The third-order valence-electron chi connectivity index (χ3n) is 3.49. The molecule has 0 radical (unpaired) electrons. The fourth-order valence-electron chi connectivity index (χ4n) is 2.41. The zero-order chi connectivity index (χ0) is 14.7. The number of aromatic hydroxyl groups is 1. The molecular formula is C19H16OS. The maximum absolute atomic E-state index is 9.84. The molecular weight excluding hydrogens is 276 g/mol. The van der Waals surface area contributed by atoms with Crippen molar-refractivity contribution < 1.29 is 5.11 Å². The summed E-state index contributed by atoms with van der Waals surface area (Å²) < 4.78 is 0. The molecule has 21 heavy (non-hydrogen) atoms. The summed E-state index contributed by atoms with van der Waals surface area (Å²) in [6, 6.07) is 24.2. The van der Waals surface area contributed by atoms with Gasteiger partial charge in [-0.15, -0.1) is 11.8 Å². The van der Waals surface area contributed by atoms with Crippen LogP contribution >= 0.6 is 11.8 Å². The Morgan fingerprint density at radius 3 is 2.05 bits per heavy atom. The summed E-state index contributed by atoms with van der Waals surface area (Å²) in [5.41, 5.74) is 4.45. The molecule has 0 amide bonds. The van der Waals surface area contributed by atoms with Crippen LogP contribution in [0.2, 0.25) is 0 Å². The lowest BCUT2D eigenvalue weighted by Crippen LogP contribution is -1.85. The van der Waals surface area contributed by atoms with Crippen molar-refractivity contribution in [2.75, 3.05) is 6.26 Å². The van der Waals surface area contributed by atoms with Crippen LogP contribution in [0.15, 0.2) is 77.7 Å². The fraction of sp³-hybridized carbons (Fsp3) is 0.0526. The molecule has 3 rings (SSSR count). The Morgan fingerprint density at radius 1 is 0.714 bits per heavy atom. The van der Waals surface area contributed by atoms with Gasteiger partial charge in [0.1, 0.15) is 5.75 Å². The molecule has 0 aliphatic heterocycles. The number of phenolic OH excluding ortho intramolecular Hbond substituents is 1. The van der Waals surface area contributed by atoms with Gasteiger partial charge in [-0.05, 0) is 52.8 Å². The van der Waals surface area contributed by atoms with Gasteiger partial charge in [-0.2, -0.15) is 0 Å². The molecule has 0 aliphatic carbocycles. The molecule has 3 aromatic carbocycles. The van der Waals surface area contributed by atoms with Crippen LogP contribution < -0.4 is 0 Å². The SMILES string of the molecule is CSc1ccc(-c2cc(O)ccc2-c2ccccc2)cc1. The highest BCUT2D eigenvalue weighted by Crippen LogP contribution is 2.35. The second-order valence-corrected chi connectivity index (χ2v) is 5.70. The molecule has 0 aliphatic rings. The van der Waals surface area contributed by atoms with Crippen LogP contribution in [0, 0.1) is 0 Å². The maximum Gasteiger partial charge on any atom is 0.116 e. The van der Waals surface area contributed by atoms with Crippen LogP contribution in [0.4, 0.5) is 0 Å². The van der Waals surface area contributed by atoms with Crippen LogP contribution in [0.25, 0.3) is 22.3 Å². The van der Waals surface area contributed by atoms with E-state index in [1.54, 1.807) is 17.8 Å². The number of hydrogen-bond acceptors (Lipinski definition) is 2. The topological polar surface area (TPSA) is 20.2 Å². The number of rotatable bonds is 3. The Hall–Kier alpha value is -2.19. The summed E-state index contributed by atoms with van der Waals surface area (Å²) in [6.07, 6.45) is 2.07. The van der Waals surface area contributed by atoms with Gasteiger partial charge < -0.3 is 5.11 Å². The van der Waals surface area contributed by atoms with E-state index in [9.17, 15) is 5.11 Å². The average Bonchev–Trinajstić information content (AvgIpc) is 2.56. The highest BCUT2D eigenvalue weighted by molar-refractivity contribution is 7.98. The first-order valence-corrected chi connectivity index (χ1v) is 8.03. The van der Waals surface area contributed by atoms with Gasteiger partial charge in [0.25, 0.3) is 0 Å². The van der Waals surface area contributed by atoms with E-state index in [0.717, 1.165) is 22.3 Å². The molecule has 0 unspecified atom stereocenters. The summed E-state index contributed by atoms with van der Waals surface area (Å²) >= 11 is 1.73. The van der Waals surface area contributed by atoms with Gasteiger partial charge in [0.05, 0.1) is 0 Å². The van der Waals surface area contributed by atoms with E-state index < -0.39 is 0 Å². The highest BCUT2D eigenvalue weighted by atomic mass is 32.2. The maximum atomic E-state index is 9.84. The summed E-state index contributed by atoms with van der Waals surface area (Å²) in [5.74, 6) is 0.290. The monoisotopic (exact) mass is 292 g/mol. The Balaban J connectivity index is 2.14. The highest BCUT2D eigenvalue weighted by Gasteiger charge is 2.08. The van der Waals surface area contributed by atoms with Gasteiger partial charge in [0.2, 0.25) is 0 Å². The molecule has 0 spiro atoms. The van der Waals surface area contributed by atoms with Crippen molar-refractivity contribution in [2.24, 2.45) is 0 Å². The molecule has 0 aromatic heterocycles. The third kappa shape index (κ3) is 2.96. The van der Waals surface area contributed by atoms with Crippen molar-refractivity contribution >= 4 is 11.8 Å². The lowest BCUT2D eigenvalue weighted by Gasteiger charge is -2.11. The van der Waals surface area contributed by atoms with Gasteiger partial charge in [-0.3, -0.25) is 0 Å². The van der Waals surface area contributed by atoms with Crippen molar-refractivity contribution in [3.05, 3.63) is 72.8 Å². The van der Waals surface area contributed by atoms with E-state index in [2.05, 4.69) is 42.7 Å². The summed E-state index contributed by atoms with van der Waals surface area (Å²) in [5, 5.41) is 9.84. The van der Waals surface area contributed by atoms with E-state index in [-0.39, 0.29) is 0 Å². The molecule has 0 atom stereocenters. The second-order valence-electron chi connectivity index (χ2n) is 4.82. The Morgan fingerprint density at radius 2 is 1.38 bits per heavy atom. The number of phenols is 1. The molecule has 3 aromatic rings. The minimum absolute atomic E-state index is 0.290. The zero-order valence-electron chi connectivity index (χ0n) is 11.8. The largest absolute Gasteiger partial charge is 0.508 e. The first-order chi connectivity index (χ1) is 10.3. The smallest absolute Gasteiger partial charge is 0.116 e. The zero-order valence-corrected chi connectivity index (χ0v) is 12.6. The summed E-state index contributed by atoms with van der Waals surface area (Å²) in [6.45, 7) is 0. The third-order valence-corrected chi connectivity index (χ3v) is 4.23. The van der Waals surface area contributed by atoms with Crippen molar-refractivity contribution in [3.63, 3.8) is 0 Å². The Kier molecular flexibility index (Phi) is 3.98. The van der Waals surface area contributed by atoms with Crippen LogP contribution in [-0.2, 0) is 0 Å². The average molecular weight is 292 g/mol. The molecule has 1 N–H and O–H groups in total. The second kappa shape index (κ2) is 6.06. The van der Waals surface area contributed by atoms with E-state index in [1.807, 2.05) is 30.3 Å². The molecule has 1 nitrogen and oxygen atoms in total. The molecule has 0 saturated heterocycles. The summed E-state index contributed by atoms with van der Waals surface area (Å²) in [7, 11) is 0. The summed E-state index contributed by atoms with van der Waals surface area (Å²) in [4.78, 5) is 1.24. The van der Waals surface area contributed by atoms with Crippen LogP contribution in [0.1, 0.15) is 0 Å². The molecule has 2 heteroatoms. The molecule has 0 bridgehead atoms. The minimum Gasteiger partial charge on any atom is -0.508 e. The van der Waals surface area contributed by atoms with Gasteiger partial charge >= 0.3 is 0 Å². The van der Waals surface area contributed by atoms with Crippen molar-refractivity contribution in [2.45, 2.75) is 4.90 Å². The van der Waals surface area contributed by atoms with E-state index in [1.165, 1.54) is 4.90 Å². The van der Waals surface area contributed by atoms with E-state index in [4.69, 9.17) is 0 Å². The van der Waals surface area contributed by atoms with Gasteiger partial charge in [0.15, 0.2) is 0 Å². The standard InChI is InChI=1S/C19H16OS/c1-21-17-10-7-15(8-11-17)19-13-16(20)9-12-18(19)14-5-3-2-4-6-14/h2-13,20H,1H3. The van der Waals surface area contributed by atoms with E-state index >= 15 is 0 Å². The number of benzene rings is 3. The quantitative estimate of drug-likeness (QED) is 0.648. The number of thioether (sulfide) groups is 1. The lowest BCUT2D eigenvalue weighted by molar-refractivity contribution is 0.475. The minimum atomic E-state index is 0.290. The normalized spacial score (nSPS) is 10.5. The fourth-order valence-corrected chi connectivity index (χ4v) is 2.82. The molecule has 0 fully saturated rings. The molecule has 0 heterocycles. The predicted octanol–water partition coefficient (Wildman–Crippen LogP) is 5.45. The van der Waals surface area contributed by atoms with Crippen molar-refractivity contribution in [3.8, 4) is 28.0 Å². The first kappa shape index (κ1) is 13.8. The van der Waals surface area contributed by atoms with Crippen LogP contribution in [0.3, 0.4) is 0 Å². The number of hydrogen-bond donors (Lipinski definition) is 1. The van der Waals surface area contributed by atoms with Gasteiger partial charge in [-0.25, -0.2) is 0 Å². The van der Waals surface area contributed by atoms with E-state index in [0.29, 0.717) is 5.75 Å². The van der Waals surface area contributed by atoms with Crippen molar-refractivity contribution in [1.82, 2.24) is 0 Å². The Bertz CT molecular complexity index is 733. The van der Waals surface area contributed by atoms with Crippen LogP contribution in [0.5, 0.6) is 5.75 Å².